The fraction of sp³-hybridized carbons (Fsp3) is 0.214. The van der Waals surface area contributed by atoms with Gasteiger partial charge in [0.2, 0.25) is 0 Å². The molecule has 174 valence electrons. The number of amides is 1. The Morgan fingerprint density at radius 3 is 2.18 bits per heavy atom. The molecule has 3 aromatic carbocycles. The molecule has 1 saturated heterocycles. The molecule has 0 N–H and O–H groups in total. The van der Waals surface area contributed by atoms with Gasteiger partial charge in [-0.3, -0.25) is 9.69 Å². The van der Waals surface area contributed by atoms with Gasteiger partial charge in [-0.25, -0.2) is 0 Å². The van der Waals surface area contributed by atoms with E-state index in [0.29, 0.717) is 28.2 Å². The van der Waals surface area contributed by atoms with Crippen LogP contribution in [0.25, 0.3) is 6.08 Å². The highest BCUT2D eigenvalue weighted by Crippen LogP contribution is 2.37. The lowest BCUT2D eigenvalue weighted by molar-refractivity contribution is -0.113. The second-order valence-corrected chi connectivity index (χ2v) is 10.1. The van der Waals surface area contributed by atoms with Crippen LogP contribution < -0.4 is 14.4 Å². The molecule has 0 unspecified atom stereocenters. The van der Waals surface area contributed by atoms with Crippen LogP contribution in [0.5, 0.6) is 11.5 Å². The van der Waals surface area contributed by atoms with Crippen molar-refractivity contribution in [1.82, 2.24) is 0 Å². The van der Waals surface area contributed by atoms with Crippen LogP contribution in [0.1, 0.15) is 27.8 Å². The van der Waals surface area contributed by atoms with Crippen LogP contribution in [-0.2, 0) is 4.79 Å². The summed E-state index contributed by atoms with van der Waals surface area (Å²) in [7, 11) is 0. The molecule has 0 saturated carbocycles. The van der Waals surface area contributed by atoms with E-state index in [9.17, 15) is 4.79 Å². The van der Waals surface area contributed by atoms with Gasteiger partial charge in [-0.2, -0.15) is 0 Å². The van der Waals surface area contributed by atoms with Crippen LogP contribution in [0.15, 0.2) is 65.6 Å². The van der Waals surface area contributed by atoms with Gasteiger partial charge in [0.1, 0.15) is 24.7 Å². The quantitative estimate of drug-likeness (QED) is 0.208. The van der Waals surface area contributed by atoms with Crippen molar-refractivity contribution in [2.75, 3.05) is 18.1 Å². The molecule has 0 spiro atoms. The topological polar surface area (TPSA) is 38.8 Å². The smallest absolute Gasteiger partial charge is 0.270 e. The molecule has 4 nitrogen and oxygen atoms in total. The van der Waals surface area contributed by atoms with Crippen LogP contribution in [0.2, 0.25) is 0 Å². The number of ether oxygens (including phenoxy) is 2. The summed E-state index contributed by atoms with van der Waals surface area (Å²) in [5, 5.41) is 0. The molecule has 6 heteroatoms. The Bertz CT molecular complexity index is 1240. The molecular formula is C28H27NO3S2. The van der Waals surface area contributed by atoms with Gasteiger partial charge in [0.25, 0.3) is 5.91 Å². The van der Waals surface area contributed by atoms with Crippen LogP contribution >= 0.6 is 24.0 Å². The first-order valence-corrected chi connectivity index (χ1v) is 12.3. The van der Waals surface area contributed by atoms with E-state index in [1.807, 2.05) is 74.5 Å². The summed E-state index contributed by atoms with van der Waals surface area (Å²) in [5.41, 5.74) is 6.17. The van der Waals surface area contributed by atoms with Crippen LogP contribution in [-0.4, -0.2) is 23.4 Å². The van der Waals surface area contributed by atoms with E-state index in [1.165, 1.54) is 22.9 Å². The molecule has 0 bridgehead atoms. The van der Waals surface area contributed by atoms with Crippen molar-refractivity contribution >= 4 is 46.0 Å². The van der Waals surface area contributed by atoms with Crippen molar-refractivity contribution in [2.24, 2.45) is 0 Å². The Morgan fingerprint density at radius 2 is 1.47 bits per heavy atom. The van der Waals surface area contributed by atoms with E-state index in [4.69, 9.17) is 21.7 Å². The van der Waals surface area contributed by atoms with Crippen molar-refractivity contribution in [3.63, 3.8) is 0 Å². The minimum absolute atomic E-state index is 0.121. The number of hydrogen-bond acceptors (Lipinski definition) is 5. The number of nitrogens with zero attached hydrogens (tertiary/aromatic N) is 1. The normalized spacial score (nSPS) is 14.7. The lowest BCUT2D eigenvalue weighted by Crippen LogP contribution is -2.27. The monoisotopic (exact) mass is 489 g/mol. The maximum absolute atomic E-state index is 13.2. The zero-order valence-corrected chi connectivity index (χ0v) is 21.4. The van der Waals surface area contributed by atoms with Gasteiger partial charge in [-0.05, 0) is 81.3 Å². The van der Waals surface area contributed by atoms with Gasteiger partial charge in [0.15, 0.2) is 4.32 Å². The van der Waals surface area contributed by atoms with E-state index >= 15 is 0 Å². The summed E-state index contributed by atoms with van der Waals surface area (Å²) in [5.74, 6) is 1.42. The predicted molar refractivity (Wildman–Crippen MR) is 145 cm³/mol. The van der Waals surface area contributed by atoms with Crippen LogP contribution in [0, 0.1) is 27.7 Å². The summed E-state index contributed by atoms with van der Waals surface area (Å²) in [4.78, 5) is 15.3. The number of hydrogen-bond donors (Lipinski definition) is 0. The Morgan fingerprint density at radius 1 is 0.824 bits per heavy atom. The molecular weight excluding hydrogens is 462 g/mol. The predicted octanol–water partition coefficient (Wildman–Crippen LogP) is 6.78. The van der Waals surface area contributed by atoms with E-state index in [0.717, 1.165) is 28.1 Å². The maximum Gasteiger partial charge on any atom is 0.270 e. The molecule has 34 heavy (non-hydrogen) atoms. The lowest BCUT2D eigenvalue weighted by atomic mass is 10.1. The summed E-state index contributed by atoms with van der Waals surface area (Å²) >= 11 is 6.82. The first-order valence-electron chi connectivity index (χ1n) is 11.1. The van der Waals surface area contributed by atoms with Crippen LogP contribution in [0.3, 0.4) is 0 Å². The van der Waals surface area contributed by atoms with Crippen LogP contribution in [0.4, 0.5) is 5.69 Å². The number of benzene rings is 3. The molecule has 0 aliphatic carbocycles. The van der Waals surface area contributed by atoms with Gasteiger partial charge in [-0.1, -0.05) is 59.4 Å². The molecule has 1 aliphatic rings. The fourth-order valence-corrected chi connectivity index (χ4v) is 5.05. The molecule has 1 amide bonds. The Hall–Kier alpha value is -3.09. The molecule has 0 aromatic heterocycles. The van der Waals surface area contributed by atoms with Gasteiger partial charge < -0.3 is 9.47 Å². The highest BCUT2D eigenvalue weighted by Gasteiger charge is 2.33. The fourth-order valence-electron chi connectivity index (χ4n) is 3.76. The van der Waals surface area contributed by atoms with E-state index in [2.05, 4.69) is 19.9 Å². The summed E-state index contributed by atoms with van der Waals surface area (Å²) in [6.07, 6.45) is 1.86. The first kappa shape index (κ1) is 24.0. The summed E-state index contributed by atoms with van der Waals surface area (Å²) in [6, 6.07) is 19.9. The molecule has 3 aromatic rings. The number of thiocarbonyl (C=S) groups is 1. The van der Waals surface area contributed by atoms with Gasteiger partial charge in [-0.15, -0.1) is 0 Å². The van der Waals surface area contributed by atoms with E-state index < -0.39 is 0 Å². The maximum atomic E-state index is 13.2. The molecule has 1 fully saturated rings. The average Bonchev–Trinajstić information content (AvgIpc) is 3.05. The molecule has 0 radical (unpaired) electrons. The largest absolute Gasteiger partial charge is 0.490 e. The SMILES string of the molecule is Cc1ccc(N2C(=O)C(=Cc3cc(C)ccc3OCCOc3cc(C)cc(C)c3)SC2=S)cc1. The lowest BCUT2D eigenvalue weighted by Gasteiger charge is -2.14. The van der Waals surface area contributed by atoms with E-state index in [1.54, 1.807) is 4.90 Å². The van der Waals surface area contributed by atoms with Gasteiger partial charge >= 0.3 is 0 Å². The third kappa shape index (κ3) is 5.69. The number of anilines is 1. The standard InChI is InChI=1S/C28H27NO3S2/c1-18-5-8-23(9-6-18)29-27(30)26(34-28(29)33)17-22-14-19(2)7-10-25(22)32-12-11-31-24-15-20(3)13-21(4)16-24/h5-10,13-17H,11-12H2,1-4H3. The zero-order valence-electron chi connectivity index (χ0n) is 19.8. The number of rotatable bonds is 7. The number of aryl methyl sites for hydroxylation is 4. The van der Waals surface area contributed by atoms with E-state index in [-0.39, 0.29) is 5.91 Å². The molecule has 1 aliphatic heterocycles. The van der Waals surface area contributed by atoms with Gasteiger partial charge in [0.05, 0.1) is 10.6 Å². The van der Waals surface area contributed by atoms with Crippen molar-refractivity contribution < 1.29 is 14.3 Å². The third-order valence-corrected chi connectivity index (χ3v) is 6.64. The minimum atomic E-state index is -0.121. The molecule has 1 heterocycles. The van der Waals surface area contributed by atoms with Gasteiger partial charge in [0, 0.05) is 5.56 Å². The second-order valence-electron chi connectivity index (χ2n) is 8.41. The summed E-state index contributed by atoms with van der Waals surface area (Å²) < 4.78 is 12.4. The molecule has 0 atom stereocenters. The Balaban J connectivity index is 1.48. The number of carbonyl (C=O) groups is 1. The minimum Gasteiger partial charge on any atom is -0.490 e. The van der Waals surface area contributed by atoms with Crippen molar-refractivity contribution in [1.29, 1.82) is 0 Å². The average molecular weight is 490 g/mol. The van der Waals surface area contributed by atoms with Crippen molar-refractivity contribution in [2.45, 2.75) is 27.7 Å². The third-order valence-electron chi connectivity index (χ3n) is 5.34. The second kappa shape index (κ2) is 10.5. The van der Waals surface area contributed by atoms with Crippen molar-refractivity contribution in [3.05, 3.63) is 93.4 Å². The Labute approximate surface area is 210 Å². The zero-order chi connectivity index (χ0) is 24.2. The summed E-state index contributed by atoms with van der Waals surface area (Å²) in [6.45, 7) is 8.95. The Kier molecular flexibility index (Phi) is 7.39. The van der Waals surface area contributed by atoms with Crippen molar-refractivity contribution in [3.8, 4) is 11.5 Å². The highest BCUT2D eigenvalue weighted by atomic mass is 32.2. The number of thioether (sulfide) groups is 1. The first-order chi connectivity index (χ1) is 16.3. The number of carbonyl (C=O) groups excluding carboxylic acids is 1. The molecule has 4 rings (SSSR count). The highest BCUT2D eigenvalue weighted by molar-refractivity contribution is 8.27.